The molecule has 0 radical (unpaired) electrons. The van der Waals surface area contributed by atoms with Crippen molar-refractivity contribution in [2.24, 2.45) is 0 Å². The Labute approximate surface area is 234 Å². The highest BCUT2D eigenvalue weighted by molar-refractivity contribution is 7.10. The van der Waals surface area contributed by atoms with Crippen LogP contribution in [0.1, 0.15) is 46.8 Å². The number of carbonyl (C=O) groups is 4. The largest absolute Gasteiger partial charge is 0.481 e. The molecule has 10 nitrogen and oxygen atoms in total. The number of benzene rings is 2. The van der Waals surface area contributed by atoms with Gasteiger partial charge in [-0.25, -0.2) is 9.97 Å². The van der Waals surface area contributed by atoms with E-state index in [9.17, 15) is 19.2 Å². The molecule has 40 heavy (non-hydrogen) atoms. The van der Waals surface area contributed by atoms with Crippen molar-refractivity contribution in [3.63, 3.8) is 0 Å². The number of amides is 2. The van der Waals surface area contributed by atoms with Crippen molar-refractivity contribution in [2.75, 3.05) is 6.54 Å². The number of nitrogens with zero attached hydrogens (tertiary/aromatic N) is 2. The summed E-state index contributed by atoms with van der Waals surface area (Å²) in [6.45, 7) is 0.415. The van der Waals surface area contributed by atoms with Gasteiger partial charge in [-0.2, -0.15) is 0 Å². The van der Waals surface area contributed by atoms with E-state index in [1.165, 1.54) is 11.3 Å². The predicted octanol–water partition coefficient (Wildman–Crippen LogP) is 4.33. The zero-order valence-electron chi connectivity index (χ0n) is 21.5. The smallest absolute Gasteiger partial charge is 0.305 e. The number of hydrogen-bond donors (Lipinski definition) is 3. The topological polar surface area (TPSA) is 148 Å². The molecule has 2 atom stereocenters. The minimum absolute atomic E-state index is 0.230. The second-order valence-electron chi connectivity index (χ2n) is 8.99. The summed E-state index contributed by atoms with van der Waals surface area (Å²) in [6, 6.07) is 16.8. The molecule has 11 heteroatoms. The number of hydrogen-bond acceptors (Lipinski definition) is 8. The van der Waals surface area contributed by atoms with Crippen LogP contribution in [-0.4, -0.2) is 51.7 Å². The molecule has 4 aromatic rings. The minimum atomic E-state index is -1.16. The molecule has 2 heterocycles. The first-order valence-electron chi connectivity index (χ1n) is 12.7. The summed E-state index contributed by atoms with van der Waals surface area (Å²) in [5, 5.41) is 16.2. The molecule has 0 bridgehead atoms. The number of aliphatic carboxylic acids is 1. The van der Waals surface area contributed by atoms with Crippen LogP contribution in [0.15, 0.2) is 72.2 Å². The number of ether oxygens (including phenoxy) is 1. The molecular weight excluding hydrogens is 532 g/mol. The van der Waals surface area contributed by atoms with E-state index in [4.69, 9.17) is 9.84 Å². The minimum Gasteiger partial charge on any atom is -0.481 e. The van der Waals surface area contributed by atoms with E-state index in [0.29, 0.717) is 49.3 Å². The third-order valence-corrected chi connectivity index (χ3v) is 7.05. The molecule has 0 fully saturated rings. The van der Waals surface area contributed by atoms with Crippen LogP contribution >= 0.6 is 11.3 Å². The standard InChI is InChI=1S/C29H28N4O6S/c34-18-20(16-27(35)36)32-29(38)22(25-9-5-15-40-25)6-3-4-14-30-28(37)19-10-12-21(13-11-19)39-26-17-31-23-7-1-2-8-24(23)33-26/h1-2,5,7-13,15,17-18,20,22H,3-4,6,14,16H2,(H,30,37)(H,32,38)(H,35,36)/t20-,22?/m0/s1. The highest BCUT2D eigenvalue weighted by Gasteiger charge is 2.24. The Kier molecular flexibility index (Phi) is 9.89. The van der Waals surface area contributed by atoms with Crippen LogP contribution in [0.3, 0.4) is 0 Å². The number of fused-ring (bicyclic) bond motifs is 1. The monoisotopic (exact) mass is 560 g/mol. The average Bonchev–Trinajstić information content (AvgIpc) is 3.49. The number of para-hydroxylation sites is 2. The maximum atomic E-state index is 12.8. The lowest BCUT2D eigenvalue weighted by atomic mass is 9.98. The maximum Gasteiger partial charge on any atom is 0.305 e. The summed E-state index contributed by atoms with van der Waals surface area (Å²) in [5.74, 6) is -1.41. The second kappa shape index (κ2) is 13.9. The van der Waals surface area contributed by atoms with Gasteiger partial charge in [0.25, 0.3) is 5.91 Å². The molecule has 0 spiro atoms. The number of carboxylic acids is 1. The Balaban J connectivity index is 1.24. The van der Waals surface area contributed by atoms with Gasteiger partial charge in [-0.3, -0.25) is 14.4 Å². The van der Waals surface area contributed by atoms with Crippen LogP contribution in [0.2, 0.25) is 0 Å². The predicted molar refractivity (Wildman–Crippen MR) is 150 cm³/mol. The van der Waals surface area contributed by atoms with Crippen LogP contribution in [0.25, 0.3) is 11.0 Å². The Morgan fingerprint density at radius 1 is 1.00 bits per heavy atom. The highest BCUT2D eigenvalue weighted by Crippen LogP contribution is 2.27. The average molecular weight is 561 g/mol. The molecule has 0 aliphatic heterocycles. The first-order chi connectivity index (χ1) is 19.4. The van der Waals surface area contributed by atoms with Crippen molar-refractivity contribution in [2.45, 2.75) is 37.6 Å². The molecule has 2 aromatic carbocycles. The Bertz CT molecular complexity index is 1460. The Hall–Kier alpha value is -4.64. The SMILES string of the molecule is O=C[C@H](CC(=O)O)NC(=O)C(CCCCNC(=O)c1ccc(Oc2cnc3ccccc3n2)cc1)c1cccs1. The molecule has 0 aliphatic carbocycles. The van der Waals surface area contributed by atoms with Crippen LogP contribution in [0.5, 0.6) is 11.6 Å². The lowest BCUT2D eigenvalue weighted by Crippen LogP contribution is -2.40. The fraction of sp³-hybridized carbons (Fsp3) is 0.241. The van der Waals surface area contributed by atoms with Gasteiger partial charge >= 0.3 is 5.97 Å². The number of thiophene rings is 1. The molecule has 0 saturated heterocycles. The molecule has 0 aliphatic rings. The van der Waals surface area contributed by atoms with Gasteiger partial charge in [0.2, 0.25) is 11.8 Å². The lowest BCUT2D eigenvalue weighted by Gasteiger charge is -2.18. The normalized spacial score (nSPS) is 12.3. The Morgan fingerprint density at radius 2 is 1.77 bits per heavy atom. The van der Waals surface area contributed by atoms with E-state index in [1.54, 1.807) is 30.5 Å². The van der Waals surface area contributed by atoms with Gasteiger partial charge in [-0.05, 0) is 60.7 Å². The highest BCUT2D eigenvalue weighted by atomic mass is 32.1. The van der Waals surface area contributed by atoms with E-state index in [1.807, 2.05) is 41.8 Å². The summed E-state index contributed by atoms with van der Waals surface area (Å²) < 4.78 is 5.77. The first-order valence-corrected chi connectivity index (χ1v) is 13.6. The van der Waals surface area contributed by atoms with Crippen molar-refractivity contribution in [1.82, 2.24) is 20.6 Å². The molecule has 3 N–H and O–H groups in total. The van der Waals surface area contributed by atoms with Crippen molar-refractivity contribution in [1.29, 1.82) is 0 Å². The van der Waals surface area contributed by atoms with E-state index < -0.39 is 24.3 Å². The molecule has 4 rings (SSSR count). The van der Waals surface area contributed by atoms with Crippen LogP contribution in [0.4, 0.5) is 0 Å². The van der Waals surface area contributed by atoms with Crippen LogP contribution in [0, 0.1) is 0 Å². The molecule has 1 unspecified atom stereocenters. The van der Waals surface area contributed by atoms with E-state index in [0.717, 1.165) is 15.9 Å². The van der Waals surface area contributed by atoms with Crippen molar-refractivity contribution in [3.8, 4) is 11.6 Å². The summed E-state index contributed by atoms with van der Waals surface area (Å²) in [5.41, 5.74) is 1.97. The van der Waals surface area contributed by atoms with E-state index in [-0.39, 0.29) is 11.8 Å². The van der Waals surface area contributed by atoms with Gasteiger partial charge in [0, 0.05) is 17.0 Å². The third-order valence-electron chi connectivity index (χ3n) is 6.06. The second-order valence-corrected chi connectivity index (χ2v) is 9.97. The number of aldehydes is 1. The third kappa shape index (κ3) is 7.93. The molecule has 2 amide bonds. The summed E-state index contributed by atoms with van der Waals surface area (Å²) in [7, 11) is 0. The fourth-order valence-electron chi connectivity index (χ4n) is 4.06. The maximum absolute atomic E-state index is 12.8. The first kappa shape index (κ1) is 28.4. The van der Waals surface area contributed by atoms with E-state index in [2.05, 4.69) is 20.6 Å². The quantitative estimate of drug-likeness (QED) is 0.153. The number of rotatable bonds is 14. The number of carbonyl (C=O) groups excluding carboxylic acids is 3. The number of nitrogens with one attached hydrogen (secondary N) is 2. The zero-order valence-corrected chi connectivity index (χ0v) is 22.3. The summed E-state index contributed by atoms with van der Waals surface area (Å²) in [6.07, 6.45) is 3.28. The molecule has 0 saturated carbocycles. The molecule has 206 valence electrons. The number of carboxylic acid groups (broad SMARTS) is 1. The van der Waals surface area contributed by atoms with Crippen LogP contribution in [-0.2, 0) is 14.4 Å². The molecular formula is C29H28N4O6S. The zero-order chi connectivity index (χ0) is 28.3. The van der Waals surface area contributed by atoms with Crippen LogP contribution < -0.4 is 15.4 Å². The fourth-order valence-corrected chi connectivity index (χ4v) is 4.92. The van der Waals surface area contributed by atoms with Gasteiger partial charge in [0.05, 0.1) is 35.6 Å². The Morgan fingerprint density at radius 3 is 2.48 bits per heavy atom. The van der Waals surface area contributed by atoms with E-state index >= 15 is 0 Å². The van der Waals surface area contributed by atoms with Gasteiger partial charge < -0.3 is 25.3 Å². The van der Waals surface area contributed by atoms with Gasteiger partial charge in [0.1, 0.15) is 12.0 Å². The number of aromatic nitrogens is 2. The van der Waals surface area contributed by atoms with Crippen molar-refractivity contribution < 1.29 is 29.0 Å². The number of unbranched alkanes of at least 4 members (excludes halogenated alkanes) is 1. The van der Waals surface area contributed by atoms with Crippen molar-refractivity contribution in [3.05, 3.63) is 82.7 Å². The van der Waals surface area contributed by atoms with Gasteiger partial charge in [0.15, 0.2) is 0 Å². The lowest BCUT2D eigenvalue weighted by molar-refractivity contribution is -0.138. The summed E-state index contributed by atoms with van der Waals surface area (Å²) >= 11 is 1.42. The van der Waals surface area contributed by atoms with Crippen molar-refractivity contribution >= 4 is 46.4 Å². The molecule has 2 aromatic heterocycles. The summed E-state index contributed by atoms with van der Waals surface area (Å²) in [4.78, 5) is 57.1. The van der Waals surface area contributed by atoms with Gasteiger partial charge in [-0.15, -0.1) is 11.3 Å². The van der Waals surface area contributed by atoms with Gasteiger partial charge in [-0.1, -0.05) is 24.6 Å².